The number of aromatic nitrogens is 3. The second-order valence-electron chi connectivity index (χ2n) is 8.23. The van der Waals surface area contributed by atoms with Gasteiger partial charge >= 0.3 is 6.18 Å². The molecule has 2 aliphatic rings. The van der Waals surface area contributed by atoms with Crippen molar-refractivity contribution in [2.45, 2.75) is 25.1 Å². The normalized spacial score (nSPS) is 17.6. The first-order valence-electron chi connectivity index (χ1n) is 10.6. The van der Waals surface area contributed by atoms with Gasteiger partial charge in [0.05, 0.1) is 21.8 Å². The van der Waals surface area contributed by atoms with Gasteiger partial charge in [-0.1, -0.05) is 23.5 Å². The van der Waals surface area contributed by atoms with Crippen LogP contribution in [0.2, 0.25) is 0 Å². The van der Waals surface area contributed by atoms with Gasteiger partial charge in [-0.3, -0.25) is 0 Å². The van der Waals surface area contributed by atoms with Crippen molar-refractivity contribution in [3.8, 4) is 21.8 Å². The summed E-state index contributed by atoms with van der Waals surface area (Å²) in [6.45, 7) is 3.47. The van der Waals surface area contributed by atoms with Crippen LogP contribution in [-0.2, 0) is 6.18 Å². The number of thiazole rings is 1. The molecule has 6 nitrogen and oxygen atoms in total. The number of likely N-dealkylation sites (N-methyl/N-ethyl adjacent to an activating group) is 1. The molecule has 0 unspecified atom stereocenters. The molecule has 0 radical (unpaired) electrons. The van der Waals surface area contributed by atoms with Gasteiger partial charge < -0.3 is 15.1 Å². The summed E-state index contributed by atoms with van der Waals surface area (Å²) in [6.07, 6.45) is -0.546. The Labute approximate surface area is 188 Å². The molecule has 2 aromatic heterocycles. The molecule has 3 aromatic rings. The third-order valence-electron chi connectivity index (χ3n) is 5.65. The van der Waals surface area contributed by atoms with E-state index in [1.807, 2.05) is 0 Å². The Bertz CT molecular complexity index is 1100. The van der Waals surface area contributed by atoms with Crippen LogP contribution >= 0.6 is 11.3 Å². The quantitative estimate of drug-likeness (QED) is 0.600. The van der Waals surface area contributed by atoms with E-state index in [0.29, 0.717) is 28.9 Å². The van der Waals surface area contributed by atoms with Crippen molar-refractivity contribution in [3.63, 3.8) is 0 Å². The molecule has 1 aliphatic carbocycles. The number of hydrogen-bond donors (Lipinski definition) is 1. The first kappa shape index (κ1) is 21.1. The summed E-state index contributed by atoms with van der Waals surface area (Å²) in [5.41, 5.74) is 0.926. The van der Waals surface area contributed by atoms with Crippen LogP contribution in [0.25, 0.3) is 21.8 Å². The van der Waals surface area contributed by atoms with E-state index in [1.54, 1.807) is 18.3 Å². The Morgan fingerprint density at radius 2 is 1.84 bits per heavy atom. The first-order chi connectivity index (χ1) is 15.4. The van der Waals surface area contributed by atoms with E-state index in [4.69, 9.17) is 4.98 Å². The smallest absolute Gasteiger partial charge is 0.351 e. The minimum atomic E-state index is -4.41. The second-order valence-corrected chi connectivity index (χ2v) is 9.20. The molecule has 0 bridgehead atoms. The molecule has 32 heavy (non-hydrogen) atoms. The van der Waals surface area contributed by atoms with Crippen LogP contribution in [0.5, 0.6) is 0 Å². The first-order valence-corrected chi connectivity index (χ1v) is 11.4. The summed E-state index contributed by atoms with van der Waals surface area (Å²) in [4.78, 5) is 18.9. The average Bonchev–Trinajstić information content (AvgIpc) is 3.48. The molecule has 1 saturated heterocycles. The Morgan fingerprint density at radius 1 is 1.06 bits per heavy atom. The highest BCUT2D eigenvalue weighted by molar-refractivity contribution is 7.19. The largest absolute Gasteiger partial charge is 0.416 e. The molecule has 5 rings (SSSR count). The maximum absolute atomic E-state index is 13.4. The molecular formula is C22H23F3N6S. The van der Waals surface area contributed by atoms with Gasteiger partial charge in [-0.2, -0.15) is 13.2 Å². The van der Waals surface area contributed by atoms with E-state index >= 15 is 0 Å². The van der Waals surface area contributed by atoms with E-state index in [1.165, 1.54) is 17.4 Å². The molecule has 168 valence electrons. The molecule has 1 aromatic carbocycles. The van der Waals surface area contributed by atoms with Gasteiger partial charge in [0, 0.05) is 44.0 Å². The summed E-state index contributed by atoms with van der Waals surface area (Å²) in [6, 6.07) is 7.53. The van der Waals surface area contributed by atoms with Crippen LogP contribution in [0.4, 0.5) is 24.3 Å². The Kier molecular flexibility index (Phi) is 5.50. The number of alkyl halides is 3. The van der Waals surface area contributed by atoms with E-state index in [0.717, 1.165) is 61.2 Å². The van der Waals surface area contributed by atoms with Gasteiger partial charge in [0.2, 0.25) is 5.95 Å². The minimum Gasteiger partial charge on any atom is -0.351 e. The Balaban J connectivity index is 1.57. The van der Waals surface area contributed by atoms with Crippen LogP contribution in [-0.4, -0.2) is 59.1 Å². The monoisotopic (exact) mass is 460 g/mol. The van der Waals surface area contributed by atoms with Crippen LogP contribution < -0.4 is 10.2 Å². The van der Waals surface area contributed by atoms with Crippen molar-refractivity contribution >= 4 is 22.4 Å². The zero-order valence-corrected chi connectivity index (χ0v) is 18.4. The molecule has 2 fully saturated rings. The molecule has 0 spiro atoms. The predicted octanol–water partition coefficient (Wildman–Crippen LogP) is 4.61. The van der Waals surface area contributed by atoms with Gasteiger partial charge in [-0.15, -0.1) is 0 Å². The van der Waals surface area contributed by atoms with Crippen molar-refractivity contribution in [1.82, 2.24) is 19.9 Å². The maximum Gasteiger partial charge on any atom is 0.416 e. The summed E-state index contributed by atoms with van der Waals surface area (Å²) >= 11 is 1.47. The number of hydrogen-bond acceptors (Lipinski definition) is 7. The fourth-order valence-electron chi connectivity index (χ4n) is 3.62. The second kappa shape index (κ2) is 8.32. The fourth-order valence-corrected chi connectivity index (χ4v) is 4.73. The highest BCUT2D eigenvalue weighted by Gasteiger charge is 2.31. The van der Waals surface area contributed by atoms with Gasteiger partial charge in [-0.25, -0.2) is 15.0 Å². The standard InChI is InChI=1S/C22H23F3N6S/c1-30-9-11-31(12-10-30)21-29-18(14-3-2-4-15(13-14)22(23,24)25)19(32-21)17-7-8-26-20(28-17)27-16-5-6-16/h2-4,7-8,13,16H,5-6,9-12H2,1H3,(H,26,27,28). The lowest BCUT2D eigenvalue weighted by Gasteiger charge is -2.32. The molecule has 0 atom stereocenters. The molecule has 1 saturated carbocycles. The number of rotatable bonds is 5. The van der Waals surface area contributed by atoms with Crippen molar-refractivity contribution in [1.29, 1.82) is 0 Å². The number of halogens is 3. The third kappa shape index (κ3) is 4.56. The molecule has 3 heterocycles. The molecule has 0 amide bonds. The van der Waals surface area contributed by atoms with Crippen LogP contribution in [0.15, 0.2) is 36.5 Å². The van der Waals surface area contributed by atoms with Crippen molar-refractivity contribution in [3.05, 3.63) is 42.1 Å². The maximum atomic E-state index is 13.4. The molecule has 1 N–H and O–H groups in total. The zero-order chi connectivity index (χ0) is 22.3. The lowest BCUT2D eigenvalue weighted by Crippen LogP contribution is -2.44. The van der Waals surface area contributed by atoms with Crippen LogP contribution in [0.3, 0.4) is 0 Å². The zero-order valence-electron chi connectivity index (χ0n) is 17.6. The number of piperazine rings is 1. The van der Waals surface area contributed by atoms with E-state index < -0.39 is 11.7 Å². The Morgan fingerprint density at radius 3 is 2.56 bits per heavy atom. The highest BCUT2D eigenvalue weighted by Crippen LogP contribution is 2.41. The molecular weight excluding hydrogens is 437 g/mol. The van der Waals surface area contributed by atoms with Crippen molar-refractivity contribution in [2.24, 2.45) is 0 Å². The van der Waals surface area contributed by atoms with Crippen LogP contribution in [0.1, 0.15) is 18.4 Å². The minimum absolute atomic E-state index is 0.399. The number of benzene rings is 1. The average molecular weight is 461 g/mol. The summed E-state index contributed by atoms with van der Waals surface area (Å²) in [5, 5.41) is 4.09. The summed E-state index contributed by atoms with van der Waals surface area (Å²) in [5.74, 6) is 0.537. The van der Waals surface area contributed by atoms with Crippen molar-refractivity contribution in [2.75, 3.05) is 43.4 Å². The van der Waals surface area contributed by atoms with Crippen molar-refractivity contribution < 1.29 is 13.2 Å². The lowest BCUT2D eigenvalue weighted by atomic mass is 10.1. The van der Waals surface area contributed by atoms with Gasteiger partial charge in [0.1, 0.15) is 0 Å². The van der Waals surface area contributed by atoms with E-state index in [-0.39, 0.29) is 0 Å². The van der Waals surface area contributed by atoms with E-state index in [9.17, 15) is 13.2 Å². The highest BCUT2D eigenvalue weighted by atomic mass is 32.1. The SMILES string of the molecule is CN1CCN(c2nc(-c3cccc(C(F)(F)F)c3)c(-c3ccnc(NC4CC4)n3)s2)CC1. The summed E-state index contributed by atoms with van der Waals surface area (Å²) < 4.78 is 40.1. The predicted molar refractivity (Wildman–Crippen MR) is 120 cm³/mol. The molecule has 10 heteroatoms. The van der Waals surface area contributed by atoms with Gasteiger partial charge in [0.25, 0.3) is 0 Å². The van der Waals surface area contributed by atoms with Crippen LogP contribution in [0, 0.1) is 0 Å². The molecule has 1 aliphatic heterocycles. The van der Waals surface area contributed by atoms with E-state index in [2.05, 4.69) is 32.1 Å². The number of nitrogens with zero attached hydrogens (tertiary/aromatic N) is 5. The topological polar surface area (TPSA) is 57.2 Å². The summed E-state index contributed by atoms with van der Waals surface area (Å²) in [7, 11) is 2.08. The Hall–Kier alpha value is -2.72. The van der Waals surface area contributed by atoms with Gasteiger partial charge in [-0.05, 0) is 38.1 Å². The number of anilines is 2. The van der Waals surface area contributed by atoms with Gasteiger partial charge in [0.15, 0.2) is 5.13 Å². The third-order valence-corrected chi connectivity index (χ3v) is 6.79. The lowest BCUT2D eigenvalue weighted by molar-refractivity contribution is -0.137. The fraction of sp³-hybridized carbons (Fsp3) is 0.409. The number of nitrogens with one attached hydrogen (secondary N) is 1.